The minimum atomic E-state index is -3.37. The van der Waals surface area contributed by atoms with Gasteiger partial charge in [-0.25, -0.2) is 13.1 Å². The van der Waals surface area contributed by atoms with Crippen LogP contribution in [0.5, 0.6) is 0 Å². The van der Waals surface area contributed by atoms with Crippen LogP contribution in [0, 0.1) is 6.92 Å². The van der Waals surface area contributed by atoms with Crippen molar-refractivity contribution in [2.75, 3.05) is 6.26 Å². The third-order valence-corrected chi connectivity index (χ3v) is 4.92. The Morgan fingerprint density at radius 3 is 2.60 bits per heavy atom. The molecule has 1 aromatic rings. The molecule has 0 bridgehead atoms. The highest BCUT2D eigenvalue weighted by molar-refractivity contribution is 7.88. The first-order valence-electron chi connectivity index (χ1n) is 6.59. The number of aryl methyl sites for hydroxylation is 1. The molecule has 0 saturated heterocycles. The zero-order valence-electron chi connectivity index (χ0n) is 11.9. The highest BCUT2D eigenvalue weighted by Crippen LogP contribution is 2.30. The van der Waals surface area contributed by atoms with Gasteiger partial charge in [-0.3, -0.25) is 4.79 Å². The Labute approximate surface area is 124 Å². The molecule has 0 spiro atoms. The number of sulfonamides is 1. The average molecular weight is 316 g/mol. The average Bonchev–Trinajstić information content (AvgIpc) is 3.07. The van der Waals surface area contributed by atoms with Crippen molar-refractivity contribution in [2.24, 2.45) is 0 Å². The molecule has 1 aliphatic rings. The van der Waals surface area contributed by atoms with E-state index in [1.807, 2.05) is 19.1 Å². The number of amides is 1. The molecule has 2 rings (SSSR count). The Bertz CT molecular complexity index is 591. The largest absolute Gasteiger partial charge is 0.333 e. The lowest BCUT2D eigenvalue weighted by Gasteiger charge is -2.25. The first-order valence-corrected chi connectivity index (χ1v) is 9.30. The first-order chi connectivity index (χ1) is 9.26. The molecule has 1 N–H and O–H groups in total. The van der Waals surface area contributed by atoms with Crippen molar-refractivity contribution >= 4 is 27.3 Å². The van der Waals surface area contributed by atoms with Gasteiger partial charge in [-0.1, -0.05) is 0 Å². The summed E-state index contributed by atoms with van der Waals surface area (Å²) in [7, 11) is -3.37. The zero-order chi connectivity index (χ0) is 14.9. The van der Waals surface area contributed by atoms with E-state index in [4.69, 9.17) is 0 Å². The molecule has 0 radical (unpaired) electrons. The Morgan fingerprint density at radius 2 is 2.15 bits per heavy atom. The van der Waals surface area contributed by atoms with Crippen molar-refractivity contribution in [1.82, 2.24) is 9.62 Å². The van der Waals surface area contributed by atoms with E-state index in [1.54, 1.807) is 23.2 Å². The summed E-state index contributed by atoms with van der Waals surface area (Å²) in [5, 5.41) is 0. The van der Waals surface area contributed by atoms with Gasteiger partial charge in [-0.2, -0.15) is 0 Å². The van der Waals surface area contributed by atoms with Crippen LogP contribution < -0.4 is 4.72 Å². The maximum Gasteiger partial charge on any atom is 0.241 e. The van der Waals surface area contributed by atoms with E-state index >= 15 is 0 Å². The van der Waals surface area contributed by atoms with E-state index in [1.165, 1.54) is 4.88 Å². The van der Waals surface area contributed by atoms with Gasteiger partial charge in [-0.15, -0.1) is 11.3 Å². The van der Waals surface area contributed by atoms with E-state index in [0.29, 0.717) is 6.54 Å². The smallest absolute Gasteiger partial charge is 0.241 e. The maximum atomic E-state index is 12.4. The third-order valence-electron chi connectivity index (χ3n) is 3.15. The second kappa shape index (κ2) is 5.83. The summed E-state index contributed by atoms with van der Waals surface area (Å²) in [6, 6.07) is 3.60. The van der Waals surface area contributed by atoms with Crippen molar-refractivity contribution in [3.05, 3.63) is 21.9 Å². The van der Waals surface area contributed by atoms with E-state index in [9.17, 15) is 13.2 Å². The SMILES string of the molecule is Cc1ccc(CN(C(=O)C(C)NS(C)(=O)=O)C2CC2)s1. The number of carbonyl (C=O) groups is 1. The lowest BCUT2D eigenvalue weighted by Crippen LogP contribution is -2.47. The molecule has 1 aliphatic carbocycles. The molecule has 5 nitrogen and oxygen atoms in total. The van der Waals surface area contributed by atoms with Crippen molar-refractivity contribution in [3.63, 3.8) is 0 Å². The Balaban J connectivity index is 2.06. The van der Waals surface area contributed by atoms with Gasteiger partial charge in [0.2, 0.25) is 15.9 Å². The van der Waals surface area contributed by atoms with Crippen molar-refractivity contribution in [2.45, 2.75) is 45.3 Å². The molecular formula is C13H20N2O3S2. The van der Waals surface area contributed by atoms with Crippen molar-refractivity contribution in [1.29, 1.82) is 0 Å². The van der Waals surface area contributed by atoms with Crippen LogP contribution >= 0.6 is 11.3 Å². The van der Waals surface area contributed by atoms with Gasteiger partial charge in [0.25, 0.3) is 0 Å². The van der Waals surface area contributed by atoms with Gasteiger partial charge < -0.3 is 4.90 Å². The number of hydrogen-bond acceptors (Lipinski definition) is 4. The van der Waals surface area contributed by atoms with E-state index in [0.717, 1.165) is 24.0 Å². The van der Waals surface area contributed by atoms with Crippen LogP contribution in [0.1, 0.15) is 29.5 Å². The van der Waals surface area contributed by atoms with Crippen LogP contribution in [0.2, 0.25) is 0 Å². The fraction of sp³-hybridized carbons (Fsp3) is 0.615. The molecule has 1 aromatic heterocycles. The van der Waals surface area contributed by atoms with Gasteiger partial charge in [0, 0.05) is 15.8 Å². The van der Waals surface area contributed by atoms with Gasteiger partial charge in [0.05, 0.1) is 18.8 Å². The summed E-state index contributed by atoms with van der Waals surface area (Å²) in [5.41, 5.74) is 0. The van der Waals surface area contributed by atoms with E-state index in [2.05, 4.69) is 4.72 Å². The standard InChI is InChI=1S/C13H20N2O3S2/c1-9-4-7-12(19-9)8-15(11-5-6-11)13(16)10(2)14-20(3,17)18/h4,7,10-11,14H,5-6,8H2,1-3H3. The Kier molecular flexibility index (Phi) is 4.51. The molecule has 20 heavy (non-hydrogen) atoms. The fourth-order valence-electron chi connectivity index (χ4n) is 2.13. The van der Waals surface area contributed by atoms with Crippen LogP contribution in [0.4, 0.5) is 0 Å². The lowest BCUT2D eigenvalue weighted by atomic mass is 10.3. The van der Waals surface area contributed by atoms with Crippen LogP contribution in [0.15, 0.2) is 12.1 Å². The van der Waals surface area contributed by atoms with Crippen molar-refractivity contribution < 1.29 is 13.2 Å². The number of carbonyl (C=O) groups excluding carboxylic acids is 1. The summed E-state index contributed by atoms with van der Waals surface area (Å²) in [4.78, 5) is 16.6. The van der Waals surface area contributed by atoms with Crippen LogP contribution in [0.3, 0.4) is 0 Å². The molecule has 112 valence electrons. The summed E-state index contributed by atoms with van der Waals surface area (Å²) >= 11 is 1.67. The maximum absolute atomic E-state index is 12.4. The molecule has 1 amide bonds. The minimum absolute atomic E-state index is 0.149. The third kappa shape index (κ3) is 4.29. The Hall–Kier alpha value is -0.920. The second-order valence-electron chi connectivity index (χ2n) is 5.32. The molecule has 1 heterocycles. The summed E-state index contributed by atoms with van der Waals surface area (Å²) in [6.07, 6.45) is 3.07. The van der Waals surface area contributed by atoms with Crippen LogP contribution in [-0.4, -0.2) is 37.6 Å². The zero-order valence-corrected chi connectivity index (χ0v) is 13.6. The number of nitrogens with zero attached hydrogens (tertiary/aromatic N) is 1. The van der Waals surface area contributed by atoms with Gasteiger partial charge in [0.1, 0.15) is 0 Å². The second-order valence-corrected chi connectivity index (χ2v) is 8.47. The summed E-state index contributed by atoms with van der Waals surface area (Å²) < 4.78 is 24.8. The molecule has 1 atom stereocenters. The molecular weight excluding hydrogens is 296 g/mol. The Morgan fingerprint density at radius 1 is 1.50 bits per heavy atom. The van der Waals surface area contributed by atoms with E-state index in [-0.39, 0.29) is 11.9 Å². The topological polar surface area (TPSA) is 66.5 Å². The van der Waals surface area contributed by atoms with Crippen LogP contribution in [-0.2, 0) is 21.4 Å². The monoisotopic (exact) mass is 316 g/mol. The summed E-state index contributed by atoms with van der Waals surface area (Å²) in [6.45, 7) is 4.20. The molecule has 7 heteroatoms. The normalized spacial score (nSPS) is 16.9. The highest BCUT2D eigenvalue weighted by Gasteiger charge is 2.35. The number of rotatable bonds is 6. The van der Waals surface area contributed by atoms with E-state index < -0.39 is 16.1 Å². The van der Waals surface area contributed by atoms with Gasteiger partial charge in [-0.05, 0) is 38.8 Å². The lowest BCUT2D eigenvalue weighted by molar-refractivity contribution is -0.133. The number of nitrogens with one attached hydrogen (secondary N) is 1. The quantitative estimate of drug-likeness (QED) is 0.864. The minimum Gasteiger partial charge on any atom is -0.333 e. The van der Waals surface area contributed by atoms with Gasteiger partial charge in [0.15, 0.2) is 0 Å². The number of thiophene rings is 1. The predicted octanol–water partition coefficient (Wildman–Crippen LogP) is 1.49. The fourth-order valence-corrected chi connectivity index (χ4v) is 3.76. The predicted molar refractivity (Wildman–Crippen MR) is 80.1 cm³/mol. The molecule has 0 aliphatic heterocycles. The number of hydrogen-bond donors (Lipinski definition) is 1. The molecule has 1 saturated carbocycles. The first kappa shape index (κ1) is 15.5. The molecule has 0 aromatic carbocycles. The highest BCUT2D eigenvalue weighted by atomic mass is 32.2. The summed E-state index contributed by atoms with van der Waals surface area (Å²) in [5.74, 6) is -0.149. The van der Waals surface area contributed by atoms with Crippen molar-refractivity contribution in [3.8, 4) is 0 Å². The van der Waals surface area contributed by atoms with Gasteiger partial charge >= 0.3 is 0 Å². The molecule has 1 unspecified atom stereocenters. The van der Waals surface area contributed by atoms with Crippen LogP contribution in [0.25, 0.3) is 0 Å². The molecule has 1 fully saturated rings.